The zero-order valence-corrected chi connectivity index (χ0v) is 17.4. The summed E-state index contributed by atoms with van der Waals surface area (Å²) < 4.78 is 5.21. The van der Waals surface area contributed by atoms with Crippen LogP contribution in [-0.2, 0) is 11.2 Å². The number of likely N-dealkylation sites (tertiary alicyclic amines) is 1. The monoisotopic (exact) mass is 419 g/mol. The normalized spacial score (nSPS) is 18.5. The van der Waals surface area contributed by atoms with Crippen LogP contribution in [0.4, 0.5) is 0 Å². The van der Waals surface area contributed by atoms with Crippen LogP contribution in [-0.4, -0.2) is 52.1 Å². The Bertz CT molecular complexity index is 1050. The van der Waals surface area contributed by atoms with Crippen molar-refractivity contribution in [3.8, 4) is 16.9 Å². The van der Waals surface area contributed by atoms with Crippen LogP contribution in [0.2, 0.25) is 0 Å². The van der Waals surface area contributed by atoms with E-state index in [-0.39, 0.29) is 24.2 Å². The topological polar surface area (TPSA) is 114 Å². The van der Waals surface area contributed by atoms with Crippen molar-refractivity contribution in [3.63, 3.8) is 0 Å². The minimum Gasteiger partial charge on any atom is -0.497 e. The molecule has 0 unspecified atom stereocenters. The summed E-state index contributed by atoms with van der Waals surface area (Å²) in [5, 5.41) is 6.33. The number of hydrogen-bond acceptors (Lipinski definition) is 5. The van der Waals surface area contributed by atoms with Gasteiger partial charge < -0.3 is 15.4 Å². The molecule has 1 aliphatic rings. The quantitative estimate of drug-likeness (QED) is 0.637. The van der Waals surface area contributed by atoms with Crippen LogP contribution >= 0.6 is 0 Å². The smallest absolute Gasteiger partial charge is 0.291 e. The summed E-state index contributed by atoms with van der Waals surface area (Å²) in [6.07, 6.45) is 3.11. The van der Waals surface area contributed by atoms with Crippen LogP contribution in [0.15, 0.2) is 54.9 Å². The lowest BCUT2D eigenvalue weighted by Gasteiger charge is -2.40. The first kappa shape index (κ1) is 20.6. The Kier molecular flexibility index (Phi) is 5.70. The van der Waals surface area contributed by atoms with Gasteiger partial charge in [0.15, 0.2) is 0 Å². The molecule has 8 nitrogen and oxygen atoms in total. The van der Waals surface area contributed by atoms with Crippen molar-refractivity contribution >= 4 is 11.8 Å². The third-order valence-electron chi connectivity index (χ3n) is 5.92. The Labute approximate surface area is 180 Å². The lowest BCUT2D eigenvalue weighted by atomic mass is 9.74. The number of rotatable bonds is 6. The number of H-pyrrole nitrogens is 1. The molecule has 0 spiro atoms. The standard InChI is InChI=1S/C23H25N5O3/c1-31-19-9-7-18(8-10-19)17-5-3-16(4-6-17)13-23(22(24)30)11-2-12-28(14-23)21(29)20-25-15-26-27-20/h3-10,15H,2,11-14H2,1H3,(H2,24,30)(H,25,26,27)/t23-/m1/s1. The van der Waals surface area contributed by atoms with E-state index in [2.05, 4.69) is 15.2 Å². The molecule has 2 heterocycles. The fourth-order valence-electron chi connectivity index (χ4n) is 4.19. The minimum atomic E-state index is -0.810. The molecular formula is C23H25N5O3. The summed E-state index contributed by atoms with van der Waals surface area (Å²) in [6, 6.07) is 16.0. The van der Waals surface area contributed by atoms with E-state index in [0.29, 0.717) is 25.8 Å². The number of amides is 2. The molecule has 1 aromatic heterocycles. The van der Waals surface area contributed by atoms with Gasteiger partial charge in [0.1, 0.15) is 12.1 Å². The maximum Gasteiger partial charge on any atom is 0.291 e. The van der Waals surface area contributed by atoms with E-state index in [4.69, 9.17) is 10.5 Å². The number of ether oxygens (including phenoxy) is 1. The van der Waals surface area contributed by atoms with Crippen LogP contribution in [0, 0.1) is 5.41 Å². The fraction of sp³-hybridized carbons (Fsp3) is 0.304. The van der Waals surface area contributed by atoms with Gasteiger partial charge in [-0.05, 0) is 48.1 Å². The van der Waals surface area contributed by atoms with Crippen molar-refractivity contribution in [1.82, 2.24) is 20.1 Å². The Morgan fingerprint density at radius 1 is 1.13 bits per heavy atom. The Morgan fingerprint density at radius 2 is 1.81 bits per heavy atom. The summed E-state index contributed by atoms with van der Waals surface area (Å²) in [4.78, 5) is 30.8. The molecule has 0 bridgehead atoms. The van der Waals surface area contributed by atoms with Gasteiger partial charge in [0, 0.05) is 13.1 Å². The van der Waals surface area contributed by atoms with E-state index in [1.165, 1.54) is 6.33 Å². The van der Waals surface area contributed by atoms with Crippen LogP contribution in [0.25, 0.3) is 11.1 Å². The lowest BCUT2D eigenvalue weighted by Crippen LogP contribution is -2.53. The Hall–Kier alpha value is -3.68. The molecule has 3 aromatic rings. The lowest BCUT2D eigenvalue weighted by molar-refractivity contribution is -0.130. The molecule has 3 N–H and O–H groups in total. The van der Waals surface area contributed by atoms with Crippen LogP contribution in [0.1, 0.15) is 29.0 Å². The molecule has 2 amide bonds. The van der Waals surface area contributed by atoms with Gasteiger partial charge in [-0.2, -0.15) is 5.10 Å². The molecular weight excluding hydrogens is 394 g/mol. The molecule has 0 aliphatic carbocycles. The number of carbonyl (C=O) groups excluding carboxylic acids is 2. The number of benzene rings is 2. The number of piperidine rings is 1. The van der Waals surface area contributed by atoms with Gasteiger partial charge in [0.25, 0.3) is 5.91 Å². The molecule has 0 radical (unpaired) electrons. The number of aromatic amines is 1. The molecule has 1 saturated heterocycles. The largest absolute Gasteiger partial charge is 0.497 e. The van der Waals surface area contributed by atoms with Crippen molar-refractivity contribution in [2.24, 2.45) is 11.1 Å². The van der Waals surface area contributed by atoms with Crippen molar-refractivity contribution in [2.75, 3.05) is 20.2 Å². The second-order valence-corrected chi connectivity index (χ2v) is 7.91. The van der Waals surface area contributed by atoms with Crippen molar-refractivity contribution < 1.29 is 14.3 Å². The van der Waals surface area contributed by atoms with E-state index in [1.54, 1.807) is 12.0 Å². The maximum atomic E-state index is 12.7. The van der Waals surface area contributed by atoms with Gasteiger partial charge in [-0.15, -0.1) is 0 Å². The Morgan fingerprint density at radius 3 is 2.39 bits per heavy atom. The molecule has 1 fully saturated rings. The zero-order valence-electron chi connectivity index (χ0n) is 17.4. The number of nitrogens with two attached hydrogens (primary N) is 1. The highest BCUT2D eigenvalue weighted by atomic mass is 16.5. The highest BCUT2D eigenvalue weighted by molar-refractivity contribution is 5.91. The van der Waals surface area contributed by atoms with Gasteiger partial charge in [-0.1, -0.05) is 36.4 Å². The maximum absolute atomic E-state index is 12.7. The number of carbonyl (C=O) groups is 2. The molecule has 160 valence electrons. The summed E-state index contributed by atoms with van der Waals surface area (Å²) in [5.41, 5.74) is 8.21. The fourth-order valence-corrected chi connectivity index (χ4v) is 4.19. The highest BCUT2D eigenvalue weighted by Gasteiger charge is 2.42. The summed E-state index contributed by atoms with van der Waals surface area (Å²) in [7, 11) is 1.64. The molecule has 1 aliphatic heterocycles. The van der Waals surface area contributed by atoms with E-state index in [0.717, 1.165) is 22.4 Å². The van der Waals surface area contributed by atoms with Crippen LogP contribution in [0.5, 0.6) is 5.75 Å². The van der Waals surface area contributed by atoms with Gasteiger partial charge >= 0.3 is 0 Å². The third kappa shape index (κ3) is 4.28. The van der Waals surface area contributed by atoms with Crippen LogP contribution < -0.4 is 10.5 Å². The summed E-state index contributed by atoms with van der Waals surface area (Å²) >= 11 is 0. The molecule has 31 heavy (non-hydrogen) atoms. The van der Waals surface area contributed by atoms with Crippen LogP contribution in [0.3, 0.4) is 0 Å². The van der Waals surface area contributed by atoms with E-state index < -0.39 is 5.41 Å². The number of aromatic nitrogens is 3. The van der Waals surface area contributed by atoms with Gasteiger partial charge in [-0.25, -0.2) is 4.98 Å². The van der Waals surface area contributed by atoms with E-state index in [1.807, 2.05) is 48.5 Å². The molecule has 8 heteroatoms. The van der Waals surface area contributed by atoms with Crippen molar-refractivity contribution in [3.05, 3.63) is 66.2 Å². The second-order valence-electron chi connectivity index (χ2n) is 7.91. The average molecular weight is 419 g/mol. The first-order valence-electron chi connectivity index (χ1n) is 10.2. The number of hydrogen-bond donors (Lipinski definition) is 2. The predicted molar refractivity (Wildman–Crippen MR) is 115 cm³/mol. The zero-order chi connectivity index (χ0) is 21.8. The predicted octanol–water partition coefficient (Wildman–Crippen LogP) is 2.43. The number of methoxy groups -OCH3 is 1. The van der Waals surface area contributed by atoms with Crippen molar-refractivity contribution in [1.29, 1.82) is 0 Å². The second kappa shape index (κ2) is 8.59. The molecule has 4 rings (SSSR count). The van der Waals surface area contributed by atoms with Crippen molar-refractivity contribution in [2.45, 2.75) is 19.3 Å². The SMILES string of the molecule is COc1ccc(-c2ccc(C[C@]3(C(N)=O)CCCN(C(=O)c4ncn[nH]4)C3)cc2)cc1. The third-order valence-corrected chi connectivity index (χ3v) is 5.92. The molecule has 1 atom stereocenters. The molecule has 0 saturated carbocycles. The summed E-state index contributed by atoms with van der Waals surface area (Å²) in [6.45, 7) is 0.826. The summed E-state index contributed by atoms with van der Waals surface area (Å²) in [5.74, 6) is 0.328. The first-order valence-corrected chi connectivity index (χ1v) is 10.2. The van der Waals surface area contributed by atoms with Gasteiger partial charge in [-0.3, -0.25) is 14.7 Å². The highest BCUT2D eigenvalue weighted by Crippen LogP contribution is 2.34. The first-order chi connectivity index (χ1) is 15.0. The number of nitrogens with zero attached hydrogens (tertiary/aromatic N) is 3. The number of nitrogens with one attached hydrogen (secondary N) is 1. The van der Waals surface area contributed by atoms with Gasteiger partial charge in [0.2, 0.25) is 11.7 Å². The molecule has 2 aromatic carbocycles. The average Bonchev–Trinajstić information content (AvgIpc) is 3.34. The van der Waals surface area contributed by atoms with E-state index >= 15 is 0 Å². The van der Waals surface area contributed by atoms with Gasteiger partial charge in [0.05, 0.1) is 12.5 Å². The number of primary amides is 1. The van der Waals surface area contributed by atoms with E-state index in [9.17, 15) is 9.59 Å². The minimum absolute atomic E-state index is 0.170. The Balaban J connectivity index is 1.52.